The lowest BCUT2D eigenvalue weighted by molar-refractivity contribution is -0.173. The number of halogens is 3. The Morgan fingerprint density at radius 2 is 1.97 bits per heavy atom. The summed E-state index contributed by atoms with van der Waals surface area (Å²) in [6, 6.07) is 4.70. The zero-order chi connectivity index (χ0) is 22.3. The molecule has 4 rings (SSSR count). The van der Waals surface area contributed by atoms with Gasteiger partial charge in [0.1, 0.15) is 11.6 Å². The Labute approximate surface area is 182 Å². The fourth-order valence-corrected chi connectivity index (χ4v) is 4.05. The van der Waals surface area contributed by atoms with E-state index in [1.54, 1.807) is 35.9 Å². The summed E-state index contributed by atoms with van der Waals surface area (Å²) >= 11 is 5.33. The van der Waals surface area contributed by atoms with Gasteiger partial charge in [0.05, 0.1) is 24.9 Å². The van der Waals surface area contributed by atoms with Crippen LogP contribution in [-0.4, -0.2) is 37.8 Å². The fourth-order valence-electron chi connectivity index (χ4n) is 3.84. The first-order valence-electron chi connectivity index (χ1n) is 9.89. The third kappa shape index (κ3) is 4.06. The molecule has 0 saturated heterocycles. The number of ether oxygens (including phenoxy) is 1. The Balaban J connectivity index is 1.79. The predicted octanol–water partition coefficient (Wildman–Crippen LogP) is 5.13. The average molecular weight is 453 g/mol. The molecule has 0 spiro atoms. The highest BCUT2D eigenvalue weighted by Gasteiger charge is 2.47. The van der Waals surface area contributed by atoms with Gasteiger partial charge in [-0.05, 0) is 35.8 Å². The largest absolute Gasteiger partial charge is 0.497 e. The molecule has 31 heavy (non-hydrogen) atoms. The molecule has 7 nitrogen and oxygen atoms in total. The van der Waals surface area contributed by atoms with Crippen LogP contribution in [0, 0.1) is 10.7 Å². The highest BCUT2D eigenvalue weighted by Crippen LogP contribution is 2.46. The highest BCUT2D eigenvalue weighted by molar-refractivity contribution is 7.71. The van der Waals surface area contributed by atoms with E-state index in [-0.39, 0.29) is 18.2 Å². The van der Waals surface area contributed by atoms with E-state index >= 15 is 0 Å². The molecule has 0 bridgehead atoms. The van der Waals surface area contributed by atoms with Crippen LogP contribution in [0.5, 0.6) is 5.75 Å². The summed E-state index contributed by atoms with van der Waals surface area (Å²) in [7, 11) is 1.54. The zero-order valence-corrected chi connectivity index (χ0v) is 18.1. The van der Waals surface area contributed by atoms with Crippen LogP contribution in [0.3, 0.4) is 0 Å². The Morgan fingerprint density at radius 1 is 1.26 bits per heavy atom. The van der Waals surface area contributed by atoms with Crippen LogP contribution >= 0.6 is 12.2 Å². The lowest BCUT2D eigenvalue weighted by Gasteiger charge is -2.34. The van der Waals surface area contributed by atoms with Crippen LogP contribution in [0.2, 0.25) is 0 Å². The van der Waals surface area contributed by atoms with Crippen molar-refractivity contribution < 1.29 is 17.9 Å². The smallest absolute Gasteiger partial charge is 0.410 e. The number of hydrogen-bond donors (Lipinski definition) is 2. The summed E-state index contributed by atoms with van der Waals surface area (Å²) in [5.74, 6) is 1.65. The molecule has 166 valence electrons. The molecule has 0 saturated carbocycles. The van der Waals surface area contributed by atoms with Crippen molar-refractivity contribution in [3.05, 3.63) is 40.8 Å². The molecule has 0 aliphatic carbocycles. The van der Waals surface area contributed by atoms with Gasteiger partial charge in [0, 0.05) is 13.0 Å². The van der Waals surface area contributed by atoms with Crippen LogP contribution in [0.1, 0.15) is 37.9 Å². The number of anilines is 1. The first kappa shape index (κ1) is 21.4. The second-order valence-corrected chi connectivity index (χ2v) is 8.36. The number of aromatic amines is 1. The van der Waals surface area contributed by atoms with Crippen molar-refractivity contribution in [1.82, 2.24) is 24.5 Å². The molecule has 1 aliphatic heterocycles. The number of fused-ring (bicyclic) bond motifs is 1. The summed E-state index contributed by atoms with van der Waals surface area (Å²) in [5, 5.41) is 14.4. The summed E-state index contributed by atoms with van der Waals surface area (Å²) < 4.78 is 50.2. The first-order chi connectivity index (χ1) is 14.7. The van der Waals surface area contributed by atoms with E-state index in [1.807, 2.05) is 13.8 Å². The minimum Gasteiger partial charge on any atom is -0.497 e. The topological polar surface area (TPSA) is 72.7 Å². The van der Waals surface area contributed by atoms with Gasteiger partial charge in [-0.1, -0.05) is 26.0 Å². The average Bonchev–Trinajstić information content (AvgIpc) is 3.29. The molecule has 1 aliphatic rings. The molecule has 2 aromatic heterocycles. The van der Waals surface area contributed by atoms with E-state index in [0.29, 0.717) is 28.5 Å². The number of hydrogen-bond acceptors (Lipinski definition) is 5. The summed E-state index contributed by atoms with van der Waals surface area (Å²) in [6.07, 6.45) is -3.21. The maximum Gasteiger partial charge on any atom is 0.410 e. The van der Waals surface area contributed by atoms with Crippen molar-refractivity contribution in [1.29, 1.82) is 0 Å². The van der Waals surface area contributed by atoms with Gasteiger partial charge in [-0.2, -0.15) is 23.4 Å². The molecule has 0 radical (unpaired) electrons. The Bertz CT molecular complexity index is 1120. The molecular formula is C20H23F3N6OS. The van der Waals surface area contributed by atoms with Crippen molar-refractivity contribution >= 4 is 18.0 Å². The quantitative estimate of drug-likeness (QED) is 0.525. The van der Waals surface area contributed by atoms with Gasteiger partial charge in [-0.25, -0.2) is 4.68 Å². The lowest BCUT2D eigenvalue weighted by Crippen LogP contribution is -2.35. The number of benzene rings is 1. The molecule has 0 amide bonds. The van der Waals surface area contributed by atoms with Crippen LogP contribution in [0.25, 0.3) is 11.4 Å². The van der Waals surface area contributed by atoms with Gasteiger partial charge in [0.25, 0.3) is 0 Å². The standard InChI is InChI=1S/C20H23F3N6OS/c1-11(2)10-28-18(26-27-19(28)31)14-9-24-29-16(20(21,22)23)8-15(25-17(14)29)12-4-6-13(30-3)7-5-12/h4-7,9,11,15-16,25H,8,10H2,1-3H3,(H,27,31)/t15-,16-/m1/s1. The molecule has 0 fully saturated rings. The molecule has 11 heteroatoms. The third-order valence-electron chi connectivity index (χ3n) is 5.30. The zero-order valence-electron chi connectivity index (χ0n) is 17.3. The molecule has 2 atom stereocenters. The molecule has 3 heterocycles. The van der Waals surface area contributed by atoms with Gasteiger partial charge in [-0.3, -0.25) is 9.67 Å². The van der Waals surface area contributed by atoms with E-state index in [9.17, 15) is 13.2 Å². The molecule has 3 aromatic rings. The maximum atomic E-state index is 13.9. The normalized spacial score (nSPS) is 18.7. The lowest BCUT2D eigenvalue weighted by atomic mass is 9.96. The van der Waals surface area contributed by atoms with E-state index < -0.39 is 18.3 Å². The fraction of sp³-hybridized carbons (Fsp3) is 0.450. The van der Waals surface area contributed by atoms with Crippen molar-refractivity contribution in [2.45, 2.75) is 45.1 Å². The number of nitrogens with zero attached hydrogens (tertiary/aromatic N) is 4. The number of nitrogens with one attached hydrogen (secondary N) is 2. The Hall–Kier alpha value is -2.82. The minimum atomic E-state index is -4.45. The van der Waals surface area contributed by atoms with Gasteiger partial charge >= 0.3 is 6.18 Å². The second-order valence-electron chi connectivity index (χ2n) is 7.97. The molecule has 1 aromatic carbocycles. The predicted molar refractivity (Wildman–Crippen MR) is 113 cm³/mol. The van der Waals surface area contributed by atoms with Crippen molar-refractivity contribution in [2.24, 2.45) is 5.92 Å². The van der Waals surface area contributed by atoms with Crippen LogP contribution < -0.4 is 10.1 Å². The maximum absolute atomic E-state index is 13.9. The molecular weight excluding hydrogens is 429 g/mol. The van der Waals surface area contributed by atoms with Gasteiger partial charge in [-0.15, -0.1) is 0 Å². The minimum absolute atomic E-state index is 0.178. The van der Waals surface area contributed by atoms with Crippen LogP contribution in [0.4, 0.5) is 19.0 Å². The van der Waals surface area contributed by atoms with Gasteiger partial charge < -0.3 is 10.1 Å². The third-order valence-corrected chi connectivity index (χ3v) is 5.62. The van der Waals surface area contributed by atoms with E-state index in [4.69, 9.17) is 17.0 Å². The molecule has 2 N–H and O–H groups in total. The van der Waals surface area contributed by atoms with Crippen molar-refractivity contribution in [3.8, 4) is 17.1 Å². The Morgan fingerprint density at radius 3 is 2.58 bits per heavy atom. The van der Waals surface area contributed by atoms with E-state index in [2.05, 4.69) is 20.6 Å². The first-order valence-corrected chi connectivity index (χ1v) is 10.3. The number of H-pyrrole nitrogens is 1. The summed E-state index contributed by atoms with van der Waals surface area (Å²) in [4.78, 5) is 0. The number of aromatic nitrogens is 5. The van der Waals surface area contributed by atoms with Crippen LogP contribution in [0.15, 0.2) is 30.5 Å². The number of methoxy groups -OCH3 is 1. The van der Waals surface area contributed by atoms with Crippen LogP contribution in [-0.2, 0) is 6.54 Å². The highest BCUT2D eigenvalue weighted by atomic mass is 32.1. The monoisotopic (exact) mass is 452 g/mol. The summed E-state index contributed by atoms with van der Waals surface area (Å²) in [6.45, 7) is 4.65. The SMILES string of the molecule is COc1ccc([C@H]2C[C@H](C(F)(F)F)n3ncc(-c4n[nH]c(=S)n4CC(C)C)c3N2)cc1. The molecule has 0 unspecified atom stereocenters. The van der Waals surface area contributed by atoms with E-state index in [0.717, 1.165) is 10.2 Å². The van der Waals surface area contributed by atoms with Gasteiger partial charge in [0.2, 0.25) is 0 Å². The number of alkyl halides is 3. The van der Waals surface area contributed by atoms with E-state index in [1.165, 1.54) is 6.20 Å². The number of rotatable bonds is 5. The Kier molecular flexibility index (Phi) is 5.54. The van der Waals surface area contributed by atoms with Crippen molar-refractivity contribution in [2.75, 3.05) is 12.4 Å². The van der Waals surface area contributed by atoms with Crippen molar-refractivity contribution in [3.63, 3.8) is 0 Å². The second kappa shape index (κ2) is 8.03. The van der Waals surface area contributed by atoms with Gasteiger partial charge in [0.15, 0.2) is 16.6 Å². The summed E-state index contributed by atoms with van der Waals surface area (Å²) in [5.41, 5.74) is 1.20.